The topological polar surface area (TPSA) is 74.7 Å². The molecule has 0 fully saturated rings. The third-order valence-electron chi connectivity index (χ3n) is 3.78. The standard InChI is InChI=1S/C15H21NO4S/c1-2-8-21(19,20)9-7-16-11-13(15(17)18)10-12-5-3-4-6-14(12)16/h3-6,13H,2,7-11H2,1H3,(H,17,18). The number of hydrogen-bond acceptors (Lipinski definition) is 4. The zero-order chi connectivity index (χ0) is 15.5. The maximum absolute atomic E-state index is 11.9. The first-order chi connectivity index (χ1) is 9.93. The van der Waals surface area contributed by atoms with Crippen molar-refractivity contribution in [2.24, 2.45) is 5.92 Å². The number of aliphatic carboxylic acids is 1. The number of anilines is 1. The highest BCUT2D eigenvalue weighted by Gasteiger charge is 2.29. The summed E-state index contributed by atoms with van der Waals surface area (Å²) in [6.07, 6.45) is 1.11. The molecule has 0 spiro atoms. The number of nitrogens with zero attached hydrogens (tertiary/aromatic N) is 1. The Morgan fingerprint density at radius 2 is 2.05 bits per heavy atom. The van der Waals surface area contributed by atoms with Gasteiger partial charge in [-0.2, -0.15) is 0 Å². The highest BCUT2D eigenvalue weighted by Crippen LogP contribution is 2.29. The van der Waals surface area contributed by atoms with E-state index >= 15 is 0 Å². The SMILES string of the molecule is CCCS(=O)(=O)CCN1CC(C(=O)O)Cc2ccccc21. The lowest BCUT2D eigenvalue weighted by atomic mass is 9.92. The molecule has 116 valence electrons. The zero-order valence-corrected chi connectivity index (χ0v) is 13.0. The smallest absolute Gasteiger partial charge is 0.308 e. The van der Waals surface area contributed by atoms with Crippen LogP contribution in [0.4, 0.5) is 5.69 Å². The van der Waals surface area contributed by atoms with Crippen molar-refractivity contribution in [3.8, 4) is 0 Å². The van der Waals surface area contributed by atoms with E-state index in [0.717, 1.165) is 11.3 Å². The Balaban J connectivity index is 2.16. The molecule has 1 aliphatic heterocycles. The third kappa shape index (κ3) is 3.97. The summed E-state index contributed by atoms with van der Waals surface area (Å²) < 4.78 is 23.7. The Kier molecular flexibility index (Phi) is 4.88. The number of sulfone groups is 1. The van der Waals surface area contributed by atoms with Gasteiger partial charge in [-0.15, -0.1) is 0 Å². The summed E-state index contributed by atoms with van der Waals surface area (Å²) in [5, 5.41) is 9.25. The van der Waals surface area contributed by atoms with Gasteiger partial charge in [0.05, 0.1) is 11.7 Å². The van der Waals surface area contributed by atoms with Gasteiger partial charge in [-0.25, -0.2) is 8.42 Å². The van der Waals surface area contributed by atoms with Gasteiger partial charge in [-0.1, -0.05) is 25.1 Å². The van der Waals surface area contributed by atoms with Crippen LogP contribution in [0.1, 0.15) is 18.9 Å². The molecule has 1 atom stereocenters. The molecule has 1 aliphatic rings. The Labute approximate surface area is 125 Å². The summed E-state index contributed by atoms with van der Waals surface area (Å²) in [6.45, 7) is 2.56. The van der Waals surface area contributed by atoms with Crippen molar-refractivity contribution >= 4 is 21.5 Å². The van der Waals surface area contributed by atoms with Crippen LogP contribution in [0.15, 0.2) is 24.3 Å². The fourth-order valence-electron chi connectivity index (χ4n) is 2.73. The van der Waals surface area contributed by atoms with Gasteiger partial charge in [0.2, 0.25) is 0 Å². The fraction of sp³-hybridized carbons (Fsp3) is 0.533. The van der Waals surface area contributed by atoms with E-state index in [2.05, 4.69) is 0 Å². The first kappa shape index (κ1) is 15.8. The number of carboxylic acids is 1. The van der Waals surface area contributed by atoms with Crippen LogP contribution in [0.25, 0.3) is 0 Å². The van der Waals surface area contributed by atoms with Crippen LogP contribution in [0.2, 0.25) is 0 Å². The molecule has 1 unspecified atom stereocenters. The molecule has 0 bridgehead atoms. The van der Waals surface area contributed by atoms with E-state index in [0.29, 0.717) is 25.9 Å². The highest BCUT2D eigenvalue weighted by atomic mass is 32.2. The number of carbonyl (C=O) groups is 1. The summed E-state index contributed by atoms with van der Waals surface area (Å²) in [5.41, 5.74) is 1.94. The first-order valence-corrected chi connectivity index (χ1v) is 9.01. The quantitative estimate of drug-likeness (QED) is 0.863. The van der Waals surface area contributed by atoms with Gasteiger partial charge >= 0.3 is 5.97 Å². The Hall–Kier alpha value is -1.56. The molecule has 0 radical (unpaired) electrons. The van der Waals surface area contributed by atoms with Gasteiger partial charge in [-0.05, 0) is 24.5 Å². The maximum Gasteiger partial charge on any atom is 0.308 e. The lowest BCUT2D eigenvalue weighted by Crippen LogP contribution is -2.41. The monoisotopic (exact) mass is 311 g/mol. The fourth-order valence-corrected chi connectivity index (χ4v) is 4.05. The van der Waals surface area contributed by atoms with E-state index in [9.17, 15) is 18.3 Å². The van der Waals surface area contributed by atoms with E-state index in [4.69, 9.17) is 0 Å². The molecule has 2 rings (SSSR count). The van der Waals surface area contributed by atoms with Crippen LogP contribution in [-0.2, 0) is 21.1 Å². The predicted octanol–water partition coefficient (Wildman–Crippen LogP) is 1.57. The van der Waals surface area contributed by atoms with Gasteiger partial charge in [0, 0.05) is 24.5 Å². The lowest BCUT2D eigenvalue weighted by Gasteiger charge is -2.34. The molecular formula is C15H21NO4S. The minimum atomic E-state index is -3.06. The highest BCUT2D eigenvalue weighted by molar-refractivity contribution is 7.91. The van der Waals surface area contributed by atoms with Crippen molar-refractivity contribution in [2.45, 2.75) is 19.8 Å². The molecule has 0 saturated heterocycles. The summed E-state index contributed by atoms with van der Waals surface area (Å²) >= 11 is 0. The van der Waals surface area contributed by atoms with Crippen LogP contribution < -0.4 is 4.90 Å². The zero-order valence-electron chi connectivity index (χ0n) is 12.2. The van der Waals surface area contributed by atoms with Crippen molar-refractivity contribution in [2.75, 3.05) is 29.5 Å². The lowest BCUT2D eigenvalue weighted by molar-refractivity contribution is -0.141. The number of fused-ring (bicyclic) bond motifs is 1. The predicted molar refractivity (Wildman–Crippen MR) is 82.4 cm³/mol. The number of benzene rings is 1. The summed E-state index contributed by atoms with van der Waals surface area (Å²) in [5.74, 6) is -1.05. The third-order valence-corrected chi connectivity index (χ3v) is 5.61. The van der Waals surface area contributed by atoms with Crippen LogP contribution in [-0.4, -0.2) is 44.1 Å². The summed E-state index contributed by atoms with van der Waals surface area (Å²) in [6, 6.07) is 7.63. The molecule has 6 heteroatoms. The second kappa shape index (κ2) is 6.47. The van der Waals surface area contributed by atoms with Gasteiger partial charge in [0.15, 0.2) is 9.84 Å². The van der Waals surface area contributed by atoms with Gasteiger partial charge in [0.25, 0.3) is 0 Å². The van der Waals surface area contributed by atoms with Gasteiger partial charge < -0.3 is 10.0 Å². The molecule has 1 heterocycles. The number of carboxylic acid groups (broad SMARTS) is 1. The molecule has 0 aromatic heterocycles. The Morgan fingerprint density at radius 1 is 1.33 bits per heavy atom. The van der Waals surface area contributed by atoms with Crippen molar-refractivity contribution in [3.63, 3.8) is 0 Å². The van der Waals surface area contributed by atoms with Gasteiger partial charge in [0.1, 0.15) is 0 Å². The average Bonchev–Trinajstić information content (AvgIpc) is 2.44. The minimum absolute atomic E-state index is 0.0709. The molecule has 21 heavy (non-hydrogen) atoms. The summed E-state index contributed by atoms with van der Waals surface area (Å²) in [4.78, 5) is 13.2. The maximum atomic E-state index is 11.9. The van der Waals surface area contributed by atoms with Crippen molar-refractivity contribution in [1.29, 1.82) is 0 Å². The molecule has 5 nitrogen and oxygen atoms in total. The van der Waals surface area contributed by atoms with E-state index < -0.39 is 21.7 Å². The van der Waals surface area contributed by atoms with Crippen molar-refractivity contribution in [3.05, 3.63) is 29.8 Å². The number of para-hydroxylation sites is 1. The van der Waals surface area contributed by atoms with Crippen molar-refractivity contribution in [1.82, 2.24) is 0 Å². The largest absolute Gasteiger partial charge is 0.481 e. The van der Waals surface area contributed by atoms with E-state index in [1.165, 1.54) is 0 Å². The van der Waals surface area contributed by atoms with E-state index in [1.807, 2.05) is 36.1 Å². The Bertz CT molecular complexity index is 612. The van der Waals surface area contributed by atoms with Crippen LogP contribution >= 0.6 is 0 Å². The van der Waals surface area contributed by atoms with E-state index in [1.54, 1.807) is 0 Å². The first-order valence-electron chi connectivity index (χ1n) is 7.19. The molecule has 1 aromatic rings. The van der Waals surface area contributed by atoms with Gasteiger partial charge in [-0.3, -0.25) is 4.79 Å². The van der Waals surface area contributed by atoms with Crippen molar-refractivity contribution < 1.29 is 18.3 Å². The van der Waals surface area contributed by atoms with Crippen LogP contribution in [0.3, 0.4) is 0 Å². The second-order valence-corrected chi connectivity index (χ2v) is 7.77. The average molecular weight is 311 g/mol. The number of rotatable bonds is 6. The molecular weight excluding hydrogens is 290 g/mol. The van der Waals surface area contributed by atoms with Crippen LogP contribution in [0.5, 0.6) is 0 Å². The van der Waals surface area contributed by atoms with E-state index in [-0.39, 0.29) is 11.5 Å². The molecule has 1 N–H and O–H groups in total. The minimum Gasteiger partial charge on any atom is -0.481 e. The Morgan fingerprint density at radius 3 is 2.71 bits per heavy atom. The molecule has 1 aromatic carbocycles. The normalized spacial score (nSPS) is 18.3. The molecule has 0 saturated carbocycles. The van der Waals surface area contributed by atoms with Crippen LogP contribution in [0, 0.1) is 5.92 Å². The number of hydrogen-bond donors (Lipinski definition) is 1. The second-order valence-electron chi connectivity index (χ2n) is 5.47. The molecule has 0 aliphatic carbocycles. The summed E-state index contributed by atoms with van der Waals surface area (Å²) in [7, 11) is -3.06. The molecule has 0 amide bonds.